The van der Waals surface area contributed by atoms with Crippen molar-refractivity contribution in [2.45, 2.75) is 13.1 Å². The summed E-state index contributed by atoms with van der Waals surface area (Å²) in [5.74, 6) is -2.47. The topological polar surface area (TPSA) is 189 Å². The summed E-state index contributed by atoms with van der Waals surface area (Å²) >= 11 is 0. The first-order valence-corrected chi connectivity index (χ1v) is 21.7. The summed E-state index contributed by atoms with van der Waals surface area (Å²) in [6.07, 6.45) is 0. The molecule has 0 unspecified atom stereocenters. The first-order valence-electron chi connectivity index (χ1n) is 21.7. The normalized spacial score (nSPS) is 11.1. The second-order valence-electron chi connectivity index (χ2n) is 16.0. The first kappa shape index (κ1) is 44.1. The Morgan fingerprint density at radius 1 is 0.397 bits per heavy atom. The predicted molar refractivity (Wildman–Crippen MR) is 264 cm³/mol. The molecule has 0 saturated heterocycles. The van der Waals surface area contributed by atoms with E-state index < -0.39 is 37.0 Å². The molecule has 0 aliphatic carbocycles. The molecule has 0 radical (unpaired) electrons. The average Bonchev–Trinajstić information content (AvgIpc) is 3.86. The van der Waals surface area contributed by atoms with Gasteiger partial charge in [0.05, 0.1) is 32.8 Å². The molecule has 12 nitrogen and oxygen atoms in total. The molecule has 68 heavy (non-hydrogen) atoms. The summed E-state index contributed by atoms with van der Waals surface area (Å²) in [4.78, 5) is 47.0. The molecule has 2 heterocycles. The number of primary amides is 2. The van der Waals surface area contributed by atoms with E-state index in [9.17, 15) is 19.2 Å². The lowest BCUT2D eigenvalue weighted by Gasteiger charge is -2.13. The third-order valence-corrected chi connectivity index (χ3v) is 11.9. The Morgan fingerprint density at radius 2 is 0.735 bits per heavy atom. The summed E-state index contributed by atoms with van der Waals surface area (Å²) in [6.45, 7) is 0.105. The zero-order valence-corrected chi connectivity index (χ0v) is 36.5. The van der Waals surface area contributed by atoms with Crippen LogP contribution in [0.5, 0.6) is 11.5 Å². The second kappa shape index (κ2) is 19.1. The minimum Gasteiger partial charge on any atom is -0.481 e. The van der Waals surface area contributed by atoms with Crippen molar-refractivity contribution in [1.82, 2.24) is 9.13 Å². The highest BCUT2D eigenvalue weighted by atomic mass is 16.5. The Bertz CT molecular complexity index is 3310. The molecule has 2 amide bonds. The molecule has 0 fully saturated rings. The number of nitrogens with two attached hydrogens (primary N) is 2. The van der Waals surface area contributed by atoms with Crippen molar-refractivity contribution in [2.75, 3.05) is 13.2 Å². The Kier molecular flexibility index (Phi) is 12.4. The zero-order chi connectivity index (χ0) is 47.3. The van der Waals surface area contributed by atoms with Crippen molar-refractivity contribution >= 4 is 67.4 Å². The number of carboxylic acids is 2. The third kappa shape index (κ3) is 8.69. The van der Waals surface area contributed by atoms with Crippen molar-refractivity contribution in [3.8, 4) is 33.8 Å². The van der Waals surface area contributed by atoms with Gasteiger partial charge in [0, 0.05) is 35.0 Å². The molecule has 10 rings (SSSR count). The monoisotopic (exact) mass is 900 g/mol. The molecule has 12 heteroatoms. The van der Waals surface area contributed by atoms with Crippen LogP contribution in [0.3, 0.4) is 0 Å². The molecule has 0 aliphatic heterocycles. The lowest BCUT2D eigenvalue weighted by Crippen LogP contribution is -2.11. The summed E-state index contributed by atoms with van der Waals surface area (Å²) in [5, 5.41) is 20.9. The van der Waals surface area contributed by atoms with Crippen LogP contribution in [0.15, 0.2) is 182 Å². The van der Waals surface area contributed by atoms with Crippen molar-refractivity contribution in [1.29, 1.82) is 0 Å². The van der Waals surface area contributed by atoms with Gasteiger partial charge < -0.3 is 40.3 Å². The van der Waals surface area contributed by atoms with Gasteiger partial charge in [0.25, 0.3) is 0 Å². The highest BCUT2D eigenvalue weighted by Gasteiger charge is 2.23. The molecule has 0 saturated carbocycles. The van der Waals surface area contributed by atoms with Crippen LogP contribution in [-0.4, -0.2) is 56.3 Å². The molecular weight excluding hydrogens is 857 g/mol. The van der Waals surface area contributed by atoms with Crippen molar-refractivity contribution in [3.63, 3.8) is 0 Å². The van der Waals surface area contributed by atoms with Gasteiger partial charge in [-0.15, -0.1) is 0 Å². The predicted octanol–water partition coefficient (Wildman–Crippen LogP) is 10.1. The van der Waals surface area contributed by atoms with Crippen LogP contribution in [0.4, 0.5) is 0 Å². The van der Waals surface area contributed by atoms with E-state index in [4.69, 9.17) is 31.2 Å². The van der Waals surface area contributed by atoms with E-state index in [1.807, 2.05) is 97.1 Å². The van der Waals surface area contributed by atoms with E-state index in [1.54, 1.807) is 36.4 Å². The van der Waals surface area contributed by atoms with E-state index in [2.05, 4.69) is 57.7 Å². The zero-order valence-electron chi connectivity index (χ0n) is 36.5. The van der Waals surface area contributed by atoms with Crippen molar-refractivity contribution in [3.05, 3.63) is 204 Å². The second-order valence-corrected chi connectivity index (χ2v) is 16.0. The fourth-order valence-electron chi connectivity index (χ4n) is 9.03. The van der Waals surface area contributed by atoms with Gasteiger partial charge in [-0.25, -0.2) is 9.59 Å². The number of amides is 2. The standard InChI is InChI=1S/2C28H22N2O4/c2*29-28(33)21-12-6-13-22-26(21)27-23(14-7-15-24(27)34-17-25(31)32)30(22)16-19-10-4-5-11-20(19)18-8-2-1-3-9-18/h2*1-15H,16-17H2,(H2,29,33)(H,31,32). The number of nitrogens with zero attached hydrogens (tertiary/aromatic N) is 2. The molecule has 0 spiro atoms. The fourth-order valence-corrected chi connectivity index (χ4v) is 9.03. The SMILES string of the molecule is NC(=O)c1cccc2c1c1c(OCC(=O)O)cccc1n2Cc1ccccc1-c1ccccc1.NC(=O)c1cccc2c1c1c(OCC(=O)O)cccc1n2Cc1ccccc1-c1ccccc1. The smallest absolute Gasteiger partial charge is 0.341 e. The average molecular weight is 901 g/mol. The number of aliphatic carboxylic acids is 2. The summed E-state index contributed by atoms with van der Waals surface area (Å²) in [6, 6.07) is 58.5. The third-order valence-electron chi connectivity index (χ3n) is 11.9. The first-order chi connectivity index (χ1) is 33.1. The Labute approximate surface area is 389 Å². The van der Waals surface area contributed by atoms with Gasteiger partial charge >= 0.3 is 11.9 Å². The number of aromatic nitrogens is 2. The number of benzene rings is 8. The minimum atomic E-state index is -1.08. The van der Waals surface area contributed by atoms with E-state index in [0.717, 1.165) is 55.4 Å². The quantitative estimate of drug-likeness (QED) is 0.0829. The fraction of sp³-hybridized carbons (Fsp3) is 0.0714. The highest BCUT2D eigenvalue weighted by Crippen LogP contribution is 2.41. The summed E-state index contributed by atoms with van der Waals surface area (Å²) in [5.41, 5.74) is 22.1. The molecule has 0 atom stereocenters. The number of carboxylic acid groups (broad SMARTS) is 2. The molecule has 336 valence electrons. The summed E-state index contributed by atoms with van der Waals surface area (Å²) < 4.78 is 15.5. The van der Waals surface area contributed by atoms with Gasteiger partial charge in [-0.2, -0.15) is 0 Å². The van der Waals surface area contributed by atoms with Crippen LogP contribution in [0.1, 0.15) is 31.8 Å². The van der Waals surface area contributed by atoms with Gasteiger partial charge in [0.2, 0.25) is 11.8 Å². The maximum atomic E-state index is 12.3. The number of hydrogen-bond donors (Lipinski definition) is 4. The molecule has 2 aromatic heterocycles. The number of hydrogen-bond acceptors (Lipinski definition) is 6. The maximum absolute atomic E-state index is 12.3. The maximum Gasteiger partial charge on any atom is 0.341 e. The lowest BCUT2D eigenvalue weighted by atomic mass is 9.99. The molecule has 10 aromatic rings. The summed E-state index contributed by atoms with van der Waals surface area (Å²) in [7, 11) is 0. The van der Waals surface area contributed by atoms with Gasteiger partial charge in [0.15, 0.2) is 13.2 Å². The molecule has 6 N–H and O–H groups in total. The van der Waals surface area contributed by atoms with Gasteiger partial charge in [0.1, 0.15) is 11.5 Å². The van der Waals surface area contributed by atoms with E-state index in [1.165, 1.54) is 0 Å². The Hall–Kier alpha value is -9.16. The Morgan fingerprint density at radius 3 is 1.10 bits per heavy atom. The van der Waals surface area contributed by atoms with Crippen molar-refractivity contribution in [2.24, 2.45) is 11.5 Å². The molecule has 0 bridgehead atoms. The molecular formula is C56H44N4O8. The number of carbonyl (C=O) groups excluding carboxylic acids is 2. The highest BCUT2D eigenvalue weighted by molar-refractivity contribution is 6.21. The largest absolute Gasteiger partial charge is 0.481 e. The van der Waals surface area contributed by atoms with Crippen LogP contribution in [-0.2, 0) is 22.7 Å². The number of ether oxygens (including phenoxy) is 2. The number of carbonyl (C=O) groups is 4. The van der Waals surface area contributed by atoms with Gasteiger partial charge in [-0.1, -0.05) is 133 Å². The molecule has 8 aromatic carbocycles. The van der Waals surface area contributed by atoms with Crippen LogP contribution in [0.25, 0.3) is 65.9 Å². The van der Waals surface area contributed by atoms with E-state index in [0.29, 0.717) is 57.3 Å². The number of rotatable bonds is 14. The molecule has 0 aliphatic rings. The lowest BCUT2D eigenvalue weighted by molar-refractivity contribution is -0.140. The van der Waals surface area contributed by atoms with Crippen LogP contribution >= 0.6 is 0 Å². The van der Waals surface area contributed by atoms with Gasteiger partial charge in [-0.3, -0.25) is 9.59 Å². The van der Waals surface area contributed by atoms with Crippen LogP contribution in [0.2, 0.25) is 0 Å². The minimum absolute atomic E-state index is 0.365. The van der Waals surface area contributed by atoms with Gasteiger partial charge in [-0.05, 0) is 81.9 Å². The van der Waals surface area contributed by atoms with E-state index in [-0.39, 0.29) is 0 Å². The number of fused-ring (bicyclic) bond motifs is 6. The Balaban J connectivity index is 0.000000170. The van der Waals surface area contributed by atoms with Crippen molar-refractivity contribution < 1.29 is 38.9 Å². The van der Waals surface area contributed by atoms with E-state index >= 15 is 0 Å². The van der Waals surface area contributed by atoms with Crippen LogP contribution < -0.4 is 20.9 Å². The van der Waals surface area contributed by atoms with Crippen LogP contribution in [0, 0.1) is 0 Å².